The van der Waals surface area contributed by atoms with Crippen LogP contribution in [0.25, 0.3) is 0 Å². The Kier molecular flexibility index (Phi) is 7.59. The number of carbonyl (C=O) groups excluding carboxylic acids is 2. The molecular formula is C15H28N2O3. The summed E-state index contributed by atoms with van der Waals surface area (Å²) in [6, 6.07) is -0.415. The van der Waals surface area contributed by atoms with Gasteiger partial charge in [0.25, 0.3) is 0 Å². The van der Waals surface area contributed by atoms with Crippen molar-refractivity contribution in [1.29, 1.82) is 0 Å². The molecule has 3 N–H and O–H groups in total. The van der Waals surface area contributed by atoms with Gasteiger partial charge in [-0.15, -0.1) is 0 Å². The van der Waals surface area contributed by atoms with Gasteiger partial charge in [-0.25, -0.2) is 0 Å². The Morgan fingerprint density at radius 1 is 1.25 bits per heavy atom. The lowest BCUT2D eigenvalue weighted by molar-refractivity contribution is -0.128. The molecule has 2 amide bonds. The van der Waals surface area contributed by atoms with Crippen LogP contribution in [-0.4, -0.2) is 36.1 Å². The minimum Gasteiger partial charge on any atom is -0.393 e. The minimum absolute atomic E-state index is 0.0839. The van der Waals surface area contributed by atoms with Crippen LogP contribution in [0.15, 0.2) is 0 Å². The molecule has 0 aromatic rings. The van der Waals surface area contributed by atoms with Gasteiger partial charge in [0.15, 0.2) is 0 Å². The highest BCUT2D eigenvalue weighted by Gasteiger charge is 2.22. The SMILES string of the molecule is CCC(=O)NC(CCCC1CCC(O)CC1)C(=O)NC. The first-order valence-electron chi connectivity index (χ1n) is 7.75. The molecule has 1 aliphatic carbocycles. The molecule has 5 heteroatoms. The van der Waals surface area contributed by atoms with E-state index in [1.54, 1.807) is 14.0 Å². The molecule has 0 aromatic heterocycles. The Balaban J connectivity index is 2.30. The third-order valence-electron chi connectivity index (χ3n) is 4.14. The third kappa shape index (κ3) is 5.90. The summed E-state index contributed by atoms with van der Waals surface area (Å²) in [5, 5.41) is 14.8. The fraction of sp³-hybridized carbons (Fsp3) is 0.867. The van der Waals surface area contributed by atoms with E-state index in [2.05, 4.69) is 10.6 Å². The zero-order valence-electron chi connectivity index (χ0n) is 12.7. The smallest absolute Gasteiger partial charge is 0.242 e. The van der Waals surface area contributed by atoms with Crippen molar-refractivity contribution < 1.29 is 14.7 Å². The van der Waals surface area contributed by atoms with Gasteiger partial charge in [0, 0.05) is 13.5 Å². The van der Waals surface area contributed by atoms with Gasteiger partial charge in [-0.2, -0.15) is 0 Å². The maximum atomic E-state index is 11.7. The topological polar surface area (TPSA) is 78.4 Å². The standard InChI is InChI=1S/C15H28N2O3/c1-3-14(19)17-13(15(20)16-2)6-4-5-11-7-9-12(18)10-8-11/h11-13,18H,3-10H2,1-2H3,(H,16,20)(H,17,19). The van der Waals surface area contributed by atoms with Crippen LogP contribution >= 0.6 is 0 Å². The Labute approximate surface area is 121 Å². The minimum atomic E-state index is -0.415. The van der Waals surface area contributed by atoms with E-state index >= 15 is 0 Å². The monoisotopic (exact) mass is 284 g/mol. The Hall–Kier alpha value is -1.10. The molecule has 116 valence electrons. The fourth-order valence-electron chi connectivity index (χ4n) is 2.78. The molecule has 1 saturated carbocycles. The first-order valence-corrected chi connectivity index (χ1v) is 7.75. The number of amides is 2. The zero-order valence-corrected chi connectivity index (χ0v) is 12.7. The molecule has 0 radical (unpaired) electrons. The van der Waals surface area contributed by atoms with E-state index in [1.807, 2.05) is 0 Å². The van der Waals surface area contributed by atoms with Gasteiger partial charge in [-0.1, -0.05) is 19.8 Å². The fourth-order valence-corrected chi connectivity index (χ4v) is 2.78. The molecule has 0 bridgehead atoms. The summed E-state index contributed by atoms with van der Waals surface area (Å²) >= 11 is 0. The predicted molar refractivity (Wildman–Crippen MR) is 78.1 cm³/mol. The number of aliphatic hydroxyl groups excluding tert-OH is 1. The Bertz CT molecular complexity index is 312. The summed E-state index contributed by atoms with van der Waals surface area (Å²) in [6.07, 6.45) is 6.92. The quantitative estimate of drug-likeness (QED) is 0.660. The third-order valence-corrected chi connectivity index (χ3v) is 4.14. The summed E-state index contributed by atoms with van der Waals surface area (Å²) < 4.78 is 0. The molecule has 0 heterocycles. The normalized spacial score (nSPS) is 23.9. The number of nitrogens with one attached hydrogen (secondary N) is 2. The number of carbonyl (C=O) groups is 2. The second-order valence-corrected chi connectivity index (χ2v) is 5.69. The van der Waals surface area contributed by atoms with Crippen LogP contribution in [-0.2, 0) is 9.59 Å². The Morgan fingerprint density at radius 2 is 1.90 bits per heavy atom. The maximum absolute atomic E-state index is 11.7. The lowest BCUT2D eigenvalue weighted by Gasteiger charge is -2.26. The molecule has 0 spiro atoms. The number of hydrogen-bond donors (Lipinski definition) is 3. The van der Waals surface area contributed by atoms with Crippen molar-refractivity contribution >= 4 is 11.8 Å². The number of aliphatic hydroxyl groups is 1. The lowest BCUT2D eigenvalue weighted by Crippen LogP contribution is -2.45. The van der Waals surface area contributed by atoms with Crippen LogP contribution in [0.2, 0.25) is 0 Å². The van der Waals surface area contributed by atoms with E-state index in [1.165, 1.54) is 0 Å². The first kappa shape index (κ1) is 17.0. The van der Waals surface area contributed by atoms with Gasteiger partial charge >= 0.3 is 0 Å². The molecule has 1 atom stereocenters. The highest BCUT2D eigenvalue weighted by molar-refractivity contribution is 5.87. The number of likely N-dealkylation sites (N-methyl/N-ethyl adjacent to an activating group) is 1. The predicted octanol–water partition coefficient (Wildman–Crippen LogP) is 1.35. The average Bonchev–Trinajstić information content (AvgIpc) is 2.47. The van der Waals surface area contributed by atoms with Crippen LogP contribution in [0.3, 0.4) is 0 Å². The summed E-state index contributed by atoms with van der Waals surface area (Å²) in [7, 11) is 1.59. The van der Waals surface area contributed by atoms with Gasteiger partial charge in [0.2, 0.25) is 11.8 Å². The van der Waals surface area contributed by atoms with Crippen molar-refractivity contribution in [3.8, 4) is 0 Å². The number of rotatable bonds is 7. The van der Waals surface area contributed by atoms with Crippen molar-refractivity contribution in [1.82, 2.24) is 10.6 Å². The largest absolute Gasteiger partial charge is 0.393 e. The van der Waals surface area contributed by atoms with E-state index in [0.717, 1.165) is 38.5 Å². The molecule has 1 unspecified atom stereocenters. The first-order chi connectivity index (χ1) is 9.56. The summed E-state index contributed by atoms with van der Waals surface area (Å²) in [5.41, 5.74) is 0. The molecule has 5 nitrogen and oxygen atoms in total. The number of hydrogen-bond acceptors (Lipinski definition) is 3. The molecule has 0 aromatic carbocycles. The van der Waals surface area contributed by atoms with Crippen LogP contribution in [0.5, 0.6) is 0 Å². The van der Waals surface area contributed by atoms with Crippen molar-refractivity contribution in [2.45, 2.75) is 70.4 Å². The van der Waals surface area contributed by atoms with Crippen molar-refractivity contribution in [2.24, 2.45) is 5.92 Å². The van der Waals surface area contributed by atoms with E-state index in [4.69, 9.17) is 0 Å². The second kappa shape index (κ2) is 8.95. The van der Waals surface area contributed by atoms with Crippen molar-refractivity contribution in [3.05, 3.63) is 0 Å². The average molecular weight is 284 g/mol. The molecule has 20 heavy (non-hydrogen) atoms. The van der Waals surface area contributed by atoms with Gasteiger partial charge < -0.3 is 15.7 Å². The van der Waals surface area contributed by atoms with Crippen LogP contribution in [0.4, 0.5) is 0 Å². The van der Waals surface area contributed by atoms with Gasteiger partial charge in [0.1, 0.15) is 6.04 Å². The highest BCUT2D eigenvalue weighted by atomic mass is 16.3. The van der Waals surface area contributed by atoms with E-state index < -0.39 is 6.04 Å². The molecular weight excluding hydrogens is 256 g/mol. The molecule has 0 saturated heterocycles. The van der Waals surface area contributed by atoms with Gasteiger partial charge in [-0.3, -0.25) is 9.59 Å². The van der Waals surface area contributed by atoms with Crippen molar-refractivity contribution in [3.63, 3.8) is 0 Å². The zero-order chi connectivity index (χ0) is 15.0. The van der Waals surface area contributed by atoms with Crippen LogP contribution in [0.1, 0.15) is 58.3 Å². The molecule has 1 aliphatic rings. The van der Waals surface area contributed by atoms with E-state index in [-0.39, 0.29) is 17.9 Å². The second-order valence-electron chi connectivity index (χ2n) is 5.69. The van der Waals surface area contributed by atoms with Gasteiger partial charge in [0.05, 0.1) is 6.10 Å². The summed E-state index contributed by atoms with van der Waals surface area (Å²) in [5.74, 6) is 0.455. The van der Waals surface area contributed by atoms with Gasteiger partial charge in [-0.05, 0) is 38.0 Å². The lowest BCUT2D eigenvalue weighted by atomic mass is 9.84. The van der Waals surface area contributed by atoms with E-state index in [0.29, 0.717) is 18.8 Å². The van der Waals surface area contributed by atoms with Crippen molar-refractivity contribution in [2.75, 3.05) is 7.05 Å². The Morgan fingerprint density at radius 3 is 2.45 bits per heavy atom. The summed E-state index contributed by atoms with van der Waals surface area (Å²) in [6.45, 7) is 1.78. The highest BCUT2D eigenvalue weighted by Crippen LogP contribution is 2.28. The maximum Gasteiger partial charge on any atom is 0.242 e. The molecule has 0 aliphatic heterocycles. The van der Waals surface area contributed by atoms with Crippen LogP contribution in [0, 0.1) is 5.92 Å². The van der Waals surface area contributed by atoms with Crippen LogP contribution < -0.4 is 10.6 Å². The summed E-state index contributed by atoms with van der Waals surface area (Å²) in [4.78, 5) is 23.2. The molecule has 1 rings (SSSR count). The molecule has 1 fully saturated rings. The van der Waals surface area contributed by atoms with E-state index in [9.17, 15) is 14.7 Å².